The van der Waals surface area contributed by atoms with Crippen LogP contribution in [0.3, 0.4) is 0 Å². The number of carbonyl (C=O) groups is 1. The zero-order valence-electron chi connectivity index (χ0n) is 13.4. The van der Waals surface area contributed by atoms with Crippen molar-refractivity contribution in [2.24, 2.45) is 5.92 Å². The molecule has 118 valence electrons. The third-order valence-corrected chi connectivity index (χ3v) is 3.29. The van der Waals surface area contributed by atoms with Crippen molar-refractivity contribution in [3.63, 3.8) is 0 Å². The van der Waals surface area contributed by atoms with Gasteiger partial charge in [0, 0.05) is 18.3 Å². The van der Waals surface area contributed by atoms with Crippen LogP contribution >= 0.6 is 0 Å². The molecule has 0 fully saturated rings. The van der Waals surface area contributed by atoms with E-state index in [2.05, 4.69) is 19.2 Å². The van der Waals surface area contributed by atoms with E-state index in [0.29, 0.717) is 35.2 Å². The molecule has 1 rings (SSSR count). The van der Waals surface area contributed by atoms with Crippen molar-refractivity contribution in [1.29, 1.82) is 0 Å². The van der Waals surface area contributed by atoms with Crippen molar-refractivity contribution in [1.82, 2.24) is 5.32 Å². The van der Waals surface area contributed by atoms with Crippen LogP contribution in [0.4, 0.5) is 5.69 Å². The minimum absolute atomic E-state index is 0.182. The van der Waals surface area contributed by atoms with Crippen LogP contribution in [0.25, 0.3) is 0 Å². The summed E-state index contributed by atoms with van der Waals surface area (Å²) < 4.78 is 10.3. The molecule has 0 heterocycles. The Hall–Kier alpha value is -1.91. The van der Waals surface area contributed by atoms with Gasteiger partial charge in [-0.3, -0.25) is 4.79 Å². The first-order valence-corrected chi connectivity index (χ1v) is 7.29. The SMILES string of the molecule is COc1cc(N)c(C(=O)NCCCCC(C)C)cc1OC. The highest BCUT2D eigenvalue weighted by Gasteiger charge is 2.14. The Morgan fingerprint density at radius 2 is 1.81 bits per heavy atom. The summed E-state index contributed by atoms with van der Waals surface area (Å²) >= 11 is 0. The standard InChI is InChI=1S/C16H26N2O3/c1-11(2)7-5-6-8-18-16(19)12-9-14(20-3)15(21-4)10-13(12)17/h9-11H,5-8,17H2,1-4H3,(H,18,19). The highest BCUT2D eigenvalue weighted by Crippen LogP contribution is 2.31. The zero-order valence-corrected chi connectivity index (χ0v) is 13.4. The lowest BCUT2D eigenvalue weighted by Crippen LogP contribution is -2.25. The number of rotatable bonds is 8. The summed E-state index contributed by atoms with van der Waals surface area (Å²) in [5.74, 6) is 1.53. The van der Waals surface area contributed by atoms with Gasteiger partial charge in [0.05, 0.1) is 19.8 Å². The van der Waals surface area contributed by atoms with Crippen LogP contribution in [-0.2, 0) is 0 Å². The number of nitrogens with one attached hydrogen (secondary N) is 1. The fourth-order valence-electron chi connectivity index (χ4n) is 2.07. The van der Waals surface area contributed by atoms with Crippen molar-refractivity contribution in [3.05, 3.63) is 17.7 Å². The second kappa shape index (κ2) is 8.39. The molecule has 0 radical (unpaired) electrons. The predicted octanol–water partition coefficient (Wildman–Crippen LogP) is 2.84. The summed E-state index contributed by atoms with van der Waals surface area (Å²) in [6.45, 7) is 5.05. The van der Waals surface area contributed by atoms with E-state index in [0.717, 1.165) is 12.8 Å². The van der Waals surface area contributed by atoms with Gasteiger partial charge in [-0.05, 0) is 18.4 Å². The number of benzene rings is 1. The Bertz CT molecular complexity index is 473. The van der Waals surface area contributed by atoms with Crippen LogP contribution in [0.2, 0.25) is 0 Å². The monoisotopic (exact) mass is 294 g/mol. The quantitative estimate of drug-likeness (QED) is 0.571. The Kier molecular flexibility index (Phi) is 6.85. The van der Waals surface area contributed by atoms with E-state index >= 15 is 0 Å². The molecule has 0 unspecified atom stereocenters. The molecule has 3 N–H and O–H groups in total. The Balaban J connectivity index is 2.61. The van der Waals surface area contributed by atoms with E-state index in [4.69, 9.17) is 15.2 Å². The fraction of sp³-hybridized carbons (Fsp3) is 0.562. The van der Waals surface area contributed by atoms with Crippen LogP contribution in [0, 0.1) is 5.92 Å². The molecule has 5 nitrogen and oxygen atoms in total. The number of ether oxygens (including phenoxy) is 2. The van der Waals surface area contributed by atoms with Crippen molar-refractivity contribution >= 4 is 11.6 Å². The lowest BCUT2D eigenvalue weighted by molar-refractivity contribution is 0.0953. The van der Waals surface area contributed by atoms with Crippen molar-refractivity contribution in [2.45, 2.75) is 33.1 Å². The largest absolute Gasteiger partial charge is 0.493 e. The normalized spacial score (nSPS) is 10.5. The van der Waals surface area contributed by atoms with Crippen LogP contribution in [0.15, 0.2) is 12.1 Å². The maximum atomic E-state index is 12.1. The average molecular weight is 294 g/mol. The van der Waals surface area contributed by atoms with Gasteiger partial charge < -0.3 is 20.5 Å². The van der Waals surface area contributed by atoms with Gasteiger partial charge in [0.15, 0.2) is 11.5 Å². The summed E-state index contributed by atoms with van der Waals surface area (Å²) in [5.41, 5.74) is 6.69. The number of carbonyl (C=O) groups excluding carboxylic acids is 1. The van der Waals surface area contributed by atoms with Crippen LogP contribution < -0.4 is 20.5 Å². The van der Waals surface area contributed by atoms with E-state index in [1.165, 1.54) is 20.6 Å². The molecule has 0 bridgehead atoms. The van der Waals surface area contributed by atoms with E-state index in [9.17, 15) is 4.79 Å². The maximum Gasteiger partial charge on any atom is 0.253 e. The van der Waals surface area contributed by atoms with Crippen LogP contribution in [0.1, 0.15) is 43.5 Å². The molecule has 1 amide bonds. The van der Waals surface area contributed by atoms with E-state index in [1.807, 2.05) is 0 Å². The number of nitrogens with two attached hydrogens (primary N) is 1. The highest BCUT2D eigenvalue weighted by molar-refractivity contribution is 6.00. The molecule has 0 aliphatic carbocycles. The topological polar surface area (TPSA) is 73.6 Å². The third kappa shape index (κ3) is 5.17. The van der Waals surface area contributed by atoms with E-state index in [-0.39, 0.29) is 5.91 Å². The summed E-state index contributed by atoms with van der Waals surface area (Å²) in [7, 11) is 3.06. The molecule has 0 saturated carbocycles. The van der Waals surface area contributed by atoms with Gasteiger partial charge in [0.2, 0.25) is 0 Å². The minimum atomic E-state index is -0.182. The van der Waals surface area contributed by atoms with Crippen molar-refractivity contribution in [3.8, 4) is 11.5 Å². The lowest BCUT2D eigenvalue weighted by atomic mass is 10.1. The summed E-state index contributed by atoms with van der Waals surface area (Å²) in [6.07, 6.45) is 3.25. The molecule has 21 heavy (non-hydrogen) atoms. The molecule has 0 aliphatic rings. The van der Waals surface area contributed by atoms with Crippen molar-refractivity contribution in [2.75, 3.05) is 26.5 Å². The molecular weight excluding hydrogens is 268 g/mol. The fourth-order valence-corrected chi connectivity index (χ4v) is 2.07. The molecule has 0 aliphatic heterocycles. The summed E-state index contributed by atoms with van der Waals surface area (Å²) in [5, 5.41) is 2.89. The van der Waals surface area contributed by atoms with Crippen molar-refractivity contribution < 1.29 is 14.3 Å². The van der Waals surface area contributed by atoms with E-state index in [1.54, 1.807) is 12.1 Å². The number of hydrogen-bond donors (Lipinski definition) is 2. The number of amides is 1. The number of anilines is 1. The molecule has 1 aromatic rings. The van der Waals surface area contributed by atoms with Gasteiger partial charge in [-0.15, -0.1) is 0 Å². The Morgan fingerprint density at radius 1 is 1.19 bits per heavy atom. The molecule has 0 spiro atoms. The number of unbranched alkanes of at least 4 members (excludes halogenated alkanes) is 1. The maximum absolute atomic E-state index is 12.1. The molecule has 0 saturated heterocycles. The molecule has 5 heteroatoms. The third-order valence-electron chi connectivity index (χ3n) is 3.29. The highest BCUT2D eigenvalue weighted by atomic mass is 16.5. The van der Waals surface area contributed by atoms with Crippen LogP contribution in [0.5, 0.6) is 11.5 Å². The smallest absolute Gasteiger partial charge is 0.253 e. The molecule has 0 atom stereocenters. The summed E-state index contributed by atoms with van der Waals surface area (Å²) in [6, 6.07) is 3.21. The first kappa shape index (κ1) is 17.1. The number of nitrogen functional groups attached to an aromatic ring is 1. The summed E-state index contributed by atoms with van der Waals surface area (Å²) in [4.78, 5) is 12.1. The molecule has 0 aromatic heterocycles. The first-order valence-electron chi connectivity index (χ1n) is 7.29. The predicted molar refractivity (Wildman–Crippen MR) is 85.0 cm³/mol. The van der Waals surface area contributed by atoms with Gasteiger partial charge in [-0.1, -0.05) is 26.7 Å². The molecule has 1 aromatic carbocycles. The van der Waals surface area contributed by atoms with Gasteiger partial charge >= 0.3 is 0 Å². The Morgan fingerprint density at radius 3 is 2.38 bits per heavy atom. The average Bonchev–Trinajstić information content (AvgIpc) is 2.45. The minimum Gasteiger partial charge on any atom is -0.493 e. The van der Waals surface area contributed by atoms with Gasteiger partial charge in [0.1, 0.15) is 0 Å². The second-order valence-electron chi connectivity index (χ2n) is 5.44. The number of methoxy groups -OCH3 is 2. The lowest BCUT2D eigenvalue weighted by Gasteiger charge is -2.12. The molecular formula is C16H26N2O3. The van der Waals surface area contributed by atoms with E-state index < -0.39 is 0 Å². The second-order valence-corrected chi connectivity index (χ2v) is 5.44. The van der Waals surface area contributed by atoms with Gasteiger partial charge in [-0.25, -0.2) is 0 Å². The van der Waals surface area contributed by atoms with Crippen LogP contribution in [-0.4, -0.2) is 26.7 Å². The number of hydrogen-bond acceptors (Lipinski definition) is 4. The zero-order chi connectivity index (χ0) is 15.8. The van der Waals surface area contributed by atoms with Gasteiger partial charge in [-0.2, -0.15) is 0 Å². The van der Waals surface area contributed by atoms with Gasteiger partial charge in [0.25, 0.3) is 5.91 Å². The Labute approximate surface area is 126 Å². The first-order chi connectivity index (χ1) is 9.99.